The van der Waals surface area contributed by atoms with Crippen molar-refractivity contribution in [3.8, 4) is 5.88 Å². The van der Waals surface area contributed by atoms with Crippen LogP contribution in [0, 0.1) is 0 Å². The third-order valence-corrected chi connectivity index (χ3v) is 2.60. The first-order chi connectivity index (χ1) is 9.29. The van der Waals surface area contributed by atoms with Crippen LogP contribution in [0.4, 0.5) is 0 Å². The zero-order valence-corrected chi connectivity index (χ0v) is 11.6. The highest BCUT2D eigenvalue weighted by atomic mass is 16.5. The van der Waals surface area contributed by atoms with Crippen molar-refractivity contribution in [2.45, 2.75) is 26.2 Å². The monoisotopic (exact) mass is 266 g/mol. The van der Waals surface area contributed by atoms with Crippen LogP contribution < -0.4 is 10.1 Å². The zero-order chi connectivity index (χ0) is 13.9. The molecule has 0 fully saturated rings. The second-order valence-electron chi connectivity index (χ2n) is 4.14. The van der Waals surface area contributed by atoms with Crippen LogP contribution >= 0.6 is 0 Å². The summed E-state index contributed by atoms with van der Waals surface area (Å²) in [5.74, 6) is 0.178. The van der Waals surface area contributed by atoms with Crippen LogP contribution in [-0.2, 0) is 4.74 Å². The van der Waals surface area contributed by atoms with Crippen LogP contribution in [-0.4, -0.2) is 37.8 Å². The number of nitrogens with zero attached hydrogens (tertiary/aromatic N) is 1. The summed E-state index contributed by atoms with van der Waals surface area (Å²) in [5.41, 5.74) is 0.455. The Bertz CT molecular complexity index is 383. The van der Waals surface area contributed by atoms with Crippen molar-refractivity contribution in [3.63, 3.8) is 0 Å². The molecule has 1 amide bonds. The fraction of sp³-hybridized carbons (Fsp3) is 0.571. The third kappa shape index (κ3) is 5.70. The minimum absolute atomic E-state index is 0.168. The summed E-state index contributed by atoms with van der Waals surface area (Å²) in [6.07, 6.45) is 4.62. The summed E-state index contributed by atoms with van der Waals surface area (Å²) in [5, 5.41) is 2.83. The van der Waals surface area contributed by atoms with E-state index < -0.39 is 0 Å². The van der Waals surface area contributed by atoms with Gasteiger partial charge in [-0.15, -0.1) is 0 Å². The van der Waals surface area contributed by atoms with E-state index >= 15 is 0 Å². The standard InChI is InChI=1S/C14H22N2O3/c1-3-4-10-19-11-6-9-15-13(17)12-7-5-8-16-14(12)18-2/h5,7-8H,3-4,6,9-11H2,1-2H3,(H,15,17). The number of methoxy groups -OCH3 is 1. The number of rotatable bonds is 9. The summed E-state index contributed by atoms with van der Waals surface area (Å²) in [6, 6.07) is 3.41. The molecule has 0 aliphatic heterocycles. The predicted molar refractivity (Wildman–Crippen MR) is 73.5 cm³/mol. The molecule has 19 heavy (non-hydrogen) atoms. The van der Waals surface area contributed by atoms with Gasteiger partial charge in [0, 0.05) is 26.0 Å². The lowest BCUT2D eigenvalue weighted by Crippen LogP contribution is -2.26. The van der Waals surface area contributed by atoms with Crippen LogP contribution in [0.5, 0.6) is 5.88 Å². The van der Waals surface area contributed by atoms with Crippen LogP contribution in [0.1, 0.15) is 36.5 Å². The van der Waals surface area contributed by atoms with Gasteiger partial charge in [-0.3, -0.25) is 4.79 Å². The summed E-state index contributed by atoms with van der Waals surface area (Å²) in [7, 11) is 1.50. The van der Waals surface area contributed by atoms with Crippen molar-refractivity contribution in [1.82, 2.24) is 10.3 Å². The highest BCUT2D eigenvalue weighted by molar-refractivity contribution is 5.96. The second kappa shape index (κ2) is 9.33. The lowest BCUT2D eigenvalue weighted by Gasteiger charge is -2.08. The maximum Gasteiger partial charge on any atom is 0.256 e. The first-order valence-electron chi connectivity index (χ1n) is 6.64. The van der Waals surface area contributed by atoms with Crippen molar-refractivity contribution < 1.29 is 14.3 Å². The molecule has 0 spiro atoms. The molecule has 0 saturated carbocycles. The SMILES string of the molecule is CCCCOCCCNC(=O)c1cccnc1OC. The lowest BCUT2D eigenvalue weighted by atomic mass is 10.2. The van der Waals surface area contributed by atoms with E-state index in [4.69, 9.17) is 9.47 Å². The van der Waals surface area contributed by atoms with Gasteiger partial charge in [0.05, 0.1) is 7.11 Å². The molecule has 0 aliphatic carbocycles. The van der Waals surface area contributed by atoms with Gasteiger partial charge in [-0.25, -0.2) is 4.98 Å². The molecule has 0 radical (unpaired) electrons. The largest absolute Gasteiger partial charge is 0.480 e. The molecule has 0 bridgehead atoms. The van der Waals surface area contributed by atoms with Crippen molar-refractivity contribution >= 4 is 5.91 Å². The summed E-state index contributed by atoms with van der Waals surface area (Å²) >= 11 is 0. The van der Waals surface area contributed by atoms with Gasteiger partial charge in [-0.05, 0) is 25.0 Å². The molecule has 0 aromatic carbocycles. The van der Waals surface area contributed by atoms with E-state index in [1.807, 2.05) is 0 Å². The normalized spacial score (nSPS) is 10.2. The van der Waals surface area contributed by atoms with E-state index in [0.717, 1.165) is 25.9 Å². The fourth-order valence-electron chi connectivity index (χ4n) is 1.55. The number of pyridine rings is 1. The molecule has 0 unspecified atom stereocenters. The molecule has 0 aliphatic rings. The molecule has 106 valence electrons. The Morgan fingerprint density at radius 3 is 2.89 bits per heavy atom. The third-order valence-electron chi connectivity index (χ3n) is 2.60. The Morgan fingerprint density at radius 2 is 2.16 bits per heavy atom. The molecule has 5 nitrogen and oxygen atoms in total. The number of hydrogen-bond donors (Lipinski definition) is 1. The molecule has 1 N–H and O–H groups in total. The number of carbonyl (C=O) groups is 1. The molecule has 1 aromatic rings. The molecular formula is C14H22N2O3. The molecule has 5 heteroatoms. The number of amides is 1. The van der Waals surface area contributed by atoms with Crippen LogP contribution in [0.25, 0.3) is 0 Å². The van der Waals surface area contributed by atoms with Crippen LogP contribution in [0.2, 0.25) is 0 Å². The zero-order valence-electron chi connectivity index (χ0n) is 11.6. The van der Waals surface area contributed by atoms with Gasteiger partial charge in [0.1, 0.15) is 5.56 Å². The highest BCUT2D eigenvalue weighted by Gasteiger charge is 2.11. The van der Waals surface area contributed by atoms with Crippen molar-refractivity contribution in [1.29, 1.82) is 0 Å². The molecule has 1 rings (SSSR count). The Balaban J connectivity index is 2.24. The molecule has 1 aromatic heterocycles. The van der Waals surface area contributed by atoms with Crippen molar-refractivity contribution in [3.05, 3.63) is 23.9 Å². The average Bonchev–Trinajstić information content (AvgIpc) is 2.46. The minimum Gasteiger partial charge on any atom is -0.480 e. The Hall–Kier alpha value is -1.62. The van der Waals surface area contributed by atoms with E-state index in [-0.39, 0.29) is 5.91 Å². The summed E-state index contributed by atoms with van der Waals surface area (Å²) < 4.78 is 10.5. The number of ether oxygens (including phenoxy) is 2. The van der Waals surface area contributed by atoms with E-state index in [9.17, 15) is 4.79 Å². The number of nitrogens with one attached hydrogen (secondary N) is 1. The molecular weight excluding hydrogens is 244 g/mol. The molecule has 0 atom stereocenters. The highest BCUT2D eigenvalue weighted by Crippen LogP contribution is 2.12. The van der Waals surface area contributed by atoms with E-state index in [1.54, 1.807) is 18.3 Å². The molecule has 1 heterocycles. The van der Waals surface area contributed by atoms with Crippen LogP contribution in [0.15, 0.2) is 18.3 Å². The topological polar surface area (TPSA) is 60.5 Å². The first-order valence-corrected chi connectivity index (χ1v) is 6.64. The number of unbranched alkanes of at least 4 members (excludes halogenated alkanes) is 1. The Morgan fingerprint density at radius 1 is 1.37 bits per heavy atom. The maximum atomic E-state index is 11.9. The van der Waals surface area contributed by atoms with E-state index in [2.05, 4.69) is 17.2 Å². The number of carbonyl (C=O) groups excluding carboxylic acids is 1. The van der Waals surface area contributed by atoms with Gasteiger partial charge in [-0.2, -0.15) is 0 Å². The summed E-state index contributed by atoms with van der Waals surface area (Å²) in [6.45, 7) is 4.18. The Labute approximate surface area is 114 Å². The van der Waals surface area contributed by atoms with E-state index in [0.29, 0.717) is 24.6 Å². The van der Waals surface area contributed by atoms with Gasteiger partial charge in [0.2, 0.25) is 5.88 Å². The molecule has 0 saturated heterocycles. The predicted octanol–water partition coefficient (Wildman–Crippen LogP) is 2.03. The smallest absolute Gasteiger partial charge is 0.256 e. The quantitative estimate of drug-likeness (QED) is 0.695. The van der Waals surface area contributed by atoms with Crippen molar-refractivity contribution in [2.75, 3.05) is 26.9 Å². The lowest BCUT2D eigenvalue weighted by molar-refractivity contribution is 0.0937. The second-order valence-corrected chi connectivity index (χ2v) is 4.14. The average molecular weight is 266 g/mol. The Kier molecular flexibility index (Phi) is 7.58. The maximum absolute atomic E-state index is 11.9. The van der Waals surface area contributed by atoms with Gasteiger partial charge >= 0.3 is 0 Å². The van der Waals surface area contributed by atoms with Gasteiger partial charge in [-0.1, -0.05) is 13.3 Å². The summed E-state index contributed by atoms with van der Waals surface area (Å²) in [4.78, 5) is 15.9. The van der Waals surface area contributed by atoms with Gasteiger partial charge in [0.15, 0.2) is 0 Å². The number of aromatic nitrogens is 1. The minimum atomic E-state index is -0.168. The van der Waals surface area contributed by atoms with Gasteiger partial charge in [0.25, 0.3) is 5.91 Å². The van der Waals surface area contributed by atoms with Crippen molar-refractivity contribution in [2.24, 2.45) is 0 Å². The van der Waals surface area contributed by atoms with E-state index in [1.165, 1.54) is 7.11 Å². The first kappa shape index (κ1) is 15.4. The van der Waals surface area contributed by atoms with Gasteiger partial charge < -0.3 is 14.8 Å². The number of hydrogen-bond acceptors (Lipinski definition) is 4. The fourth-order valence-corrected chi connectivity index (χ4v) is 1.55. The van der Waals surface area contributed by atoms with Crippen LogP contribution in [0.3, 0.4) is 0 Å².